The Balaban J connectivity index is 1.67. The van der Waals surface area contributed by atoms with Gasteiger partial charge in [-0.1, -0.05) is 23.5 Å². The SMILES string of the molecule is O=C(C=Cc1ccc(-c2ccc(F)cc2)s1)Nc1nncs1. The first-order chi connectivity index (χ1) is 10.7. The molecule has 0 fully saturated rings. The second kappa shape index (κ2) is 6.59. The summed E-state index contributed by atoms with van der Waals surface area (Å²) in [5.74, 6) is -0.512. The van der Waals surface area contributed by atoms with Crippen LogP contribution in [0.4, 0.5) is 9.52 Å². The molecule has 0 aliphatic rings. The lowest BCUT2D eigenvalue weighted by Crippen LogP contribution is -2.07. The van der Waals surface area contributed by atoms with E-state index in [9.17, 15) is 9.18 Å². The molecule has 22 heavy (non-hydrogen) atoms. The first kappa shape index (κ1) is 14.6. The molecule has 0 unspecified atom stereocenters. The van der Waals surface area contributed by atoms with Crippen LogP contribution < -0.4 is 5.32 Å². The Labute approximate surface area is 134 Å². The van der Waals surface area contributed by atoms with E-state index in [1.165, 1.54) is 40.9 Å². The molecule has 110 valence electrons. The van der Waals surface area contributed by atoms with Crippen LogP contribution in [0.25, 0.3) is 16.5 Å². The van der Waals surface area contributed by atoms with Crippen LogP contribution in [0.1, 0.15) is 4.88 Å². The van der Waals surface area contributed by atoms with Gasteiger partial charge in [-0.2, -0.15) is 0 Å². The average Bonchev–Trinajstić information content (AvgIpc) is 3.17. The minimum atomic E-state index is -0.256. The maximum Gasteiger partial charge on any atom is 0.250 e. The second-order valence-electron chi connectivity index (χ2n) is 4.28. The molecule has 0 aliphatic heterocycles. The van der Waals surface area contributed by atoms with Crippen molar-refractivity contribution in [1.29, 1.82) is 0 Å². The third-order valence-electron chi connectivity index (χ3n) is 2.74. The molecule has 0 spiro atoms. The third kappa shape index (κ3) is 3.63. The lowest BCUT2D eigenvalue weighted by Gasteiger charge is -1.96. The smallest absolute Gasteiger partial charge is 0.250 e. The van der Waals surface area contributed by atoms with Gasteiger partial charge in [0, 0.05) is 15.8 Å². The van der Waals surface area contributed by atoms with E-state index in [-0.39, 0.29) is 11.7 Å². The minimum Gasteiger partial charge on any atom is -0.297 e. The van der Waals surface area contributed by atoms with Gasteiger partial charge >= 0.3 is 0 Å². The molecule has 0 aliphatic carbocycles. The number of nitrogens with one attached hydrogen (secondary N) is 1. The molecule has 2 heterocycles. The van der Waals surface area contributed by atoms with Crippen molar-refractivity contribution in [3.8, 4) is 10.4 Å². The predicted molar refractivity (Wildman–Crippen MR) is 87.3 cm³/mol. The molecule has 2 aromatic heterocycles. The zero-order valence-corrected chi connectivity index (χ0v) is 12.8. The number of hydrogen-bond acceptors (Lipinski definition) is 5. The molecule has 3 aromatic rings. The Morgan fingerprint density at radius 3 is 2.73 bits per heavy atom. The standard InChI is InChI=1S/C15H10FN3OS2/c16-11-3-1-10(2-4-11)13-7-5-12(22-13)6-8-14(20)18-15-19-17-9-21-15/h1-9H,(H,18,19,20). The van der Waals surface area contributed by atoms with Gasteiger partial charge < -0.3 is 0 Å². The van der Waals surface area contributed by atoms with Crippen LogP contribution in [0, 0.1) is 5.82 Å². The molecule has 1 amide bonds. The molecule has 0 bridgehead atoms. The molecule has 1 aromatic carbocycles. The first-order valence-corrected chi connectivity index (χ1v) is 8.01. The van der Waals surface area contributed by atoms with E-state index in [0.29, 0.717) is 5.13 Å². The number of thiophene rings is 1. The van der Waals surface area contributed by atoms with Crippen LogP contribution in [0.3, 0.4) is 0 Å². The zero-order chi connectivity index (χ0) is 15.4. The fourth-order valence-corrected chi connectivity index (χ4v) is 3.11. The number of benzene rings is 1. The number of halogens is 1. The van der Waals surface area contributed by atoms with Crippen molar-refractivity contribution in [3.63, 3.8) is 0 Å². The predicted octanol–water partition coefficient (Wildman–Crippen LogP) is 4.06. The molecule has 7 heteroatoms. The first-order valence-electron chi connectivity index (χ1n) is 6.32. The highest BCUT2D eigenvalue weighted by atomic mass is 32.1. The molecular formula is C15H10FN3OS2. The summed E-state index contributed by atoms with van der Waals surface area (Å²) in [7, 11) is 0. The molecular weight excluding hydrogens is 321 g/mol. The van der Waals surface area contributed by atoms with E-state index in [1.54, 1.807) is 23.7 Å². The van der Waals surface area contributed by atoms with E-state index in [4.69, 9.17) is 0 Å². The molecule has 0 radical (unpaired) electrons. The Kier molecular flexibility index (Phi) is 4.36. The quantitative estimate of drug-likeness (QED) is 0.734. The van der Waals surface area contributed by atoms with Crippen molar-refractivity contribution in [2.75, 3.05) is 5.32 Å². The lowest BCUT2D eigenvalue weighted by atomic mass is 10.2. The summed E-state index contributed by atoms with van der Waals surface area (Å²) in [6, 6.07) is 10.2. The number of carbonyl (C=O) groups excluding carboxylic acids is 1. The second-order valence-corrected chi connectivity index (χ2v) is 6.22. The lowest BCUT2D eigenvalue weighted by molar-refractivity contribution is -0.111. The van der Waals surface area contributed by atoms with Crippen LogP contribution in [0.15, 0.2) is 48.0 Å². The van der Waals surface area contributed by atoms with Gasteiger partial charge in [-0.05, 0) is 35.9 Å². The van der Waals surface area contributed by atoms with Gasteiger partial charge in [0.15, 0.2) is 0 Å². The summed E-state index contributed by atoms with van der Waals surface area (Å²) in [5.41, 5.74) is 2.50. The Morgan fingerprint density at radius 2 is 2.00 bits per heavy atom. The Bertz CT molecular complexity index is 795. The largest absolute Gasteiger partial charge is 0.297 e. The van der Waals surface area contributed by atoms with Crippen LogP contribution in [0.2, 0.25) is 0 Å². The molecule has 4 nitrogen and oxygen atoms in total. The summed E-state index contributed by atoms with van der Waals surface area (Å²) < 4.78 is 12.9. The van der Waals surface area contributed by atoms with Crippen LogP contribution in [0.5, 0.6) is 0 Å². The van der Waals surface area contributed by atoms with Gasteiger partial charge in [-0.15, -0.1) is 21.5 Å². The molecule has 0 atom stereocenters. The van der Waals surface area contributed by atoms with E-state index in [2.05, 4.69) is 15.5 Å². The molecule has 0 saturated carbocycles. The van der Waals surface area contributed by atoms with Crippen LogP contribution in [-0.4, -0.2) is 16.1 Å². The van der Waals surface area contributed by atoms with Gasteiger partial charge in [-0.3, -0.25) is 10.1 Å². The van der Waals surface area contributed by atoms with E-state index in [0.717, 1.165) is 15.3 Å². The summed E-state index contributed by atoms with van der Waals surface area (Å²) in [6.07, 6.45) is 3.18. The van der Waals surface area contributed by atoms with Crippen molar-refractivity contribution in [1.82, 2.24) is 10.2 Å². The number of amides is 1. The fourth-order valence-electron chi connectivity index (χ4n) is 1.74. The minimum absolute atomic E-state index is 0.256. The summed E-state index contributed by atoms with van der Waals surface area (Å²) in [6.45, 7) is 0. The molecule has 0 saturated heterocycles. The maximum atomic E-state index is 12.9. The van der Waals surface area contributed by atoms with E-state index in [1.807, 2.05) is 12.1 Å². The topological polar surface area (TPSA) is 54.9 Å². The van der Waals surface area contributed by atoms with Gasteiger partial charge in [-0.25, -0.2) is 4.39 Å². The highest BCUT2D eigenvalue weighted by Gasteiger charge is 2.03. The van der Waals surface area contributed by atoms with Crippen molar-refractivity contribution in [2.24, 2.45) is 0 Å². The van der Waals surface area contributed by atoms with E-state index >= 15 is 0 Å². The number of nitrogens with zero attached hydrogens (tertiary/aromatic N) is 2. The van der Waals surface area contributed by atoms with Crippen LogP contribution in [-0.2, 0) is 4.79 Å². The third-order valence-corrected chi connectivity index (χ3v) is 4.45. The van der Waals surface area contributed by atoms with Crippen LogP contribution >= 0.6 is 22.7 Å². The maximum absolute atomic E-state index is 12.9. The van der Waals surface area contributed by atoms with Gasteiger partial charge in [0.2, 0.25) is 11.0 Å². The van der Waals surface area contributed by atoms with Gasteiger partial charge in [0.25, 0.3) is 0 Å². The number of rotatable bonds is 4. The summed E-state index contributed by atoms with van der Waals surface area (Å²) >= 11 is 2.79. The number of carbonyl (C=O) groups is 1. The fraction of sp³-hybridized carbons (Fsp3) is 0. The van der Waals surface area contributed by atoms with Gasteiger partial charge in [0.05, 0.1) is 0 Å². The summed E-state index contributed by atoms with van der Waals surface area (Å²) in [5, 5.41) is 10.5. The molecule has 1 N–H and O–H groups in total. The monoisotopic (exact) mass is 331 g/mol. The number of anilines is 1. The number of hydrogen-bond donors (Lipinski definition) is 1. The van der Waals surface area contributed by atoms with Crippen molar-refractivity contribution in [2.45, 2.75) is 0 Å². The Hall–Kier alpha value is -2.38. The highest BCUT2D eigenvalue weighted by molar-refractivity contribution is 7.16. The Morgan fingerprint density at radius 1 is 1.18 bits per heavy atom. The van der Waals surface area contributed by atoms with Crippen molar-refractivity contribution >= 4 is 39.8 Å². The highest BCUT2D eigenvalue weighted by Crippen LogP contribution is 2.28. The zero-order valence-electron chi connectivity index (χ0n) is 11.2. The van der Waals surface area contributed by atoms with Crippen molar-refractivity contribution < 1.29 is 9.18 Å². The van der Waals surface area contributed by atoms with Gasteiger partial charge in [0.1, 0.15) is 11.3 Å². The number of aromatic nitrogens is 2. The van der Waals surface area contributed by atoms with Crippen molar-refractivity contribution in [3.05, 3.63) is 58.7 Å². The average molecular weight is 331 g/mol. The summed E-state index contributed by atoms with van der Waals surface area (Å²) in [4.78, 5) is 13.7. The molecule has 3 rings (SSSR count). The van der Waals surface area contributed by atoms with E-state index < -0.39 is 0 Å². The normalized spacial score (nSPS) is 11.0.